The summed E-state index contributed by atoms with van der Waals surface area (Å²) in [5.74, 6) is 0.205. The normalized spacial score (nSPS) is 42.6. The SMILES string of the molecule is CC(C)(C)C(=O)OCC12CCC3C4(CCCC35C(OCCO)C1C=CCC25)OCCO4. The van der Waals surface area contributed by atoms with E-state index in [1.807, 2.05) is 20.8 Å². The lowest BCUT2D eigenvalue weighted by molar-refractivity contribution is -0.280. The number of carbonyl (C=O) groups is 1. The number of hydrogen-bond donors (Lipinski definition) is 1. The van der Waals surface area contributed by atoms with Crippen molar-refractivity contribution in [2.45, 2.75) is 71.2 Å². The van der Waals surface area contributed by atoms with Gasteiger partial charge >= 0.3 is 5.97 Å². The molecular weight excluding hydrogens is 396 g/mol. The Kier molecular flexibility index (Phi) is 5.32. The quantitative estimate of drug-likeness (QED) is 0.528. The molecule has 4 fully saturated rings. The van der Waals surface area contributed by atoms with Gasteiger partial charge in [0.2, 0.25) is 0 Å². The minimum absolute atomic E-state index is 0.00536. The number of ether oxygens (including phenoxy) is 4. The molecule has 1 aliphatic heterocycles. The van der Waals surface area contributed by atoms with E-state index in [9.17, 15) is 9.90 Å². The topological polar surface area (TPSA) is 74.2 Å². The zero-order valence-corrected chi connectivity index (χ0v) is 19.2. The van der Waals surface area contributed by atoms with Gasteiger partial charge in [-0.2, -0.15) is 0 Å². The molecule has 0 aromatic heterocycles. The molecule has 3 saturated carbocycles. The summed E-state index contributed by atoms with van der Waals surface area (Å²) in [6.45, 7) is 7.86. The number of esters is 1. The highest BCUT2D eigenvalue weighted by Crippen LogP contribution is 2.75. The van der Waals surface area contributed by atoms with E-state index < -0.39 is 11.2 Å². The molecule has 174 valence electrons. The van der Waals surface area contributed by atoms with E-state index in [-0.39, 0.29) is 41.3 Å². The van der Waals surface area contributed by atoms with Gasteiger partial charge in [-0.15, -0.1) is 0 Å². The first-order chi connectivity index (χ1) is 14.8. The van der Waals surface area contributed by atoms with Crippen LogP contribution in [0.2, 0.25) is 0 Å². The molecule has 6 unspecified atom stereocenters. The minimum Gasteiger partial charge on any atom is -0.465 e. The van der Waals surface area contributed by atoms with Gasteiger partial charge < -0.3 is 24.1 Å². The summed E-state index contributed by atoms with van der Waals surface area (Å²) in [4.78, 5) is 12.7. The molecule has 2 spiro atoms. The molecule has 5 rings (SSSR count). The van der Waals surface area contributed by atoms with E-state index in [4.69, 9.17) is 18.9 Å². The van der Waals surface area contributed by atoms with Crippen molar-refractivity contribution in [2.75, 3.05) is 33.0 Å². The molecule has 0 amide bonds. The number of rotatable bonds is 5. The highest BCUT2D eigenvalue weighted by molar-refractivity contribution is 5.75. The maximum absolute atomic E-state index is 12.7. The lowest BCUT2D eigenvalue weighted by Crippen LogP contribution is -2.60. The van der Waals surface area contributed by atoms with Crippen LogP contribution in [0.4, 0.5) is 0 Å². The van der Waals surface area contributed by atoms with Crippen LogP contribution in [-0.4, -0.2) is 56.0 Å². The number of aliphatic hydroxyl groups excluding tert-OH is 1. The van der Waals surface area contributed by atoms with Crippen molar-refractivity contribution in [3.05, 3.63) is 12.2 Å². The average Bonchev–Trinajstić information content (AvgIpc) is 3.18. The first-order valence-corrected chi connectivity index (χ1v) is 12.1. The maximum Gasteiger partial charge on any atom is 0.311 e. The highest BCUT2D eigenvalue weighted by atomic mass is 16.7. The van der Waals surface area contributed by atoms with Gasteiger partial charge in [0.05, 0.1) is 44.6 Å². The van der Waals surface area contributed by atoms with Crippen LogP contribution in [0.1, 0.15) is 59.3 Å². The van der Waals surface area contributed by atoms with Crippen LogP contribution in [0.15, 0.2) is 12.2 Å². The monoisotopic (exact) mass is 434 g/mol. The lowest BCUT2D eigenvalue weighted by Gasteiger charge is -2.59. The van der Waals surface area contributed by atoms with E-state index in [1.54, 1.807) is 0 Å². The summed E-state index contributed by atoms with van der Waals surface area (Å²) in [6, 6.07) is 0. The Morgan fingerprint density at radius 2 is 1.94 bits per heavy atom. The van der Waals surface area contributed by atoms with Crippen molar-refractivity contribution >= 4 is 5.97 Å². The third-order valence-electron chi connectivity index (χ3n) is 9.04. The van der Waals surface area contributed by atoms with Crippen molar-refractivity contribution in [3.63, 3.8) is 0 Å². The van der Waals surface area contributed by atoms with Crippen LogP contribution in [0, 0.1) is 34.0 Å². The zero-order chi connectivity index (χ0) is 21.9. The molecular formula is C25H38O6. The van der Waals surface area contributed by atoms with Crippen LogP contribution in [0.25, 0.3) is 0 Å². The van der Waals surface area contributed by atoms with Crippen molar-refractivity contribution in [1.29, 1.82) is 0 Å². The molecule has 0 aromatic rings. The van der Waals surface area contributed by atoms with E-state index in [2.05, 4.69) is 12.2 Å². The molecule has 4 bridgehead atoms. The van der Waals surface area contributed by atoms with E-state index >= 15 is 0 Å². The molecule has 6 heteroatoms. The second-order valence-corrected chi connectivity index (χ2v) is 11.4. The van der Waals surface area contributed by atoms with Crippen molar-refractivity contribution in [2.24, 2.45) is 34.0 Å². The highest BCUT2D eigenvalue weighted by Gasteiger charge is 2.76. The molecule has 6 nitrogen and oxygen atoms in total. The van der Waals surface area contributed by atoms with E-state index in [1.165, 1.54) is 0 Å². The molecule has 1 heterocycles. The summed E-state index contributed by atoms with van der Waals surface area (Å²) in [7, 11) is 0. The molecule has 6 atom stereocenters. The third-order valence-corrected chi connectivity index (χ3v) is 9.04. The van der Waals surface area contributed by atoms with E-state index in [0.29, 0.717) is 32.3 Å². The van der Waals surface area contributed by atoms with Crippen molar-refractivity contribution in [1.82, 2.24) is 0 Å². The van der Waals surface area contributed by atoms with Crippen LogP contribution in [0.3, 0.4) is 0 Å². The summed E-state index contributed by atoms with van der Waals surface area (Å²) in [5, 5.41) is 9.57. The predicted molar refractivity (Wildman–Crippen MR) is 114 cm³/mol. The molecule has 0 aromatic carbocycles. The number of carbonyl (C=O) groups excluding carboxylic acids is 1. The Labute approximate surface area is 185 Å². The molecule has 4 aliphatic carbocycles. The number of aliphatic hydroxyl groups is 1. The van der Waals surface area contributed by atoms with Crippen LogP contribution in [0.5, 0.6) is 0 Å². The summed E-state index contributed by atoms with van der Waals surface area (Å²) in [6.07, 6.45) is 10.7. The van der Waals surface area contributed by atoms with Gasteiger partial charge in [0.1, 0.15) is 0 Å². The molecule has 31 heavy (non-hydrogen) atoms. The summed E-state index contributed by atoms with van der Waals surface area (Å²) >= 11 is 0. The van der Waals surface area contributed by atoms with E-state index in [0.717, 1.165) is 38.5 Å². The first-order valence-electron chi connectivity index (χ1n) is 12.1. The van der Waals surface area contributed by atoms with Crippen LogP contribution < -0.4 is 0 Å². The van der Waals surface area contributed by atoms with Crippen molar-refractivity contribution < 1.29 is 28.8 Å². The van der Waals surface area contributed by atoms with Gasteiger partial charge in [0.25, 0.3) is 0 Å². The second-order valence-electron chi connectivity index (χ2n) is 11.4. The molecule has 1 saturated heterocycles. The fourth-order valence-electron chi connectivity index (χ4n) is 8.05. The zero-order valence-electron chi connectivity index (χ0n) is 19.2. The standard InChI is InChI=1S/C25H38O6/c1-22(2,3)21(27)29-16-23-11-8-19-24(9-5-10-25(19)30-14-15-31-25)18(23)7-4-6-17(23)20(24)28-13-12-26/h4,6,17-20,26H,5,7-16H2,1-3H3. The second kappa shape index (κ2) is 7.54. The Bertz CT molecular complexity index is 735. The summed E-state index contributed by atoms with van der Waals surface area (Å²) in [5.41, 5.74) is -0.690. The Balaban J connectivity index is 1.54. The molecule has 5 aliphatic rings. The minimum atomic E-state index is -0.512. The third kappa shape index (κ3) is 3.01. The van der Waals surface area contributed by atoms with Gasteiger partial charge in [-0.25, -0.2) is 0 Å². The molecule has 0 radical (unpaired) electrons. The Morgan fingerprint density at radius 3 is 2.65 bits per heavy atom. The van der Waals surface area contributed by atoms with Gasteiger partial charge in [-0.3, -0.25) is 4.79 Å². The number of fused-ring (bicyclic) bond motifs is 1. The van der Waals surface area contributed by atoms with Crippen molar-refractivity contribution in [3.8, 4) is 0 Å². The lowest BCUT2D eigenvalue weighted by atomic mass is 9.48. The smallest absolute Gasteiger partial charge is 0.311 e. The fourth-order valence-corrected chi connectivity index (χ4v) is 8.05. The van der Waals surface area contributed by atoms with Crippen LogP contribution in [-0.2, 0) is 23.7 Å². The Morgan fingerprint density at radius 1 is 1.16 bits per heavy atom. The molecule has 1 N–H and O–H groups in total. The van der Waals surface area contributed by atoms with Gasteiger partial charge in [0, 0.05) is 29.1 Å². The fraction of sp³-hybridized carbons (Fsp3) is 0.880. The number of allylic oxidation sites excluding steroid dienone is 1. The predicted octanol–water partition coefficient (Wildman–Crippen LogP) is 3.47. The average molecular weight is 435 g/mol. The Hall–Kier alpha value is -0.950. The van der Waals surface area contributed by atoms with Gasteiger partial charge in [-0.1, -0.05) is 12.2 Å². The van der Waals surface area contributed by atoms with Gasteiger partial charge in [-0.05, 0) is 58.8 Å². The maximum atomic E-state index is 12.7. The van der Waals surface area contributed by atoms with Crippen LogP contribution >= 0.6 is 0 Å². The largest absolute Gasteiger partial charge is 0.465 e. The summed E-state index contributed by atoms with van der Waals surface area (Å²) < 4.78 is 25.2. The first kappa shape index (κ1) is 21.9. The van der Waals surface area contributed by atoms with Gasteiger partial charge in [0.15, 0.2) is 5.79 Å². The number of hydrogen-bond acceptors (Lipinski definition) is 6.